The van der Waals surface area contributed by atoms with Gasteiger partial charge in [0.05, 0.1) is 11.2 Å². The first-order valence-corrected chi connectivity index (χ1v) is 9.36. The van der Waals surface area contributed by atoms with Crippen LogP contribution in [-0.4, -0.2) is 49.7 Å². The quantitative estimate of drug-likeness (QED) is 0.738. The van der Waals surface area contributed by atoms with Crippen LogP contribution in [0.3, 0.4) is 0 Å². The van der Waals surface area contributed by atoms with E-state index in [9.17, 15) is 0 Å². The Kier molecular flexibility index (Phi) is 5.22. The van der Waals surface area contributed by atoms with E-state index in [1.165, 1.54) is 23.8 Å². The third-order valence-corrected chi connectivity index (χ3v) is 5.14. The summed E-state index contributed by atoms with van der Waals surface area (Å²) in [6.07, 6.45) is 6.89. The maximum atomic E-state index is 9.01. The second kappa shape index (κ2) is 7.93. The van der Waals surface area contributed by atoms with Crippen molar-refractivity contribution in [2.24, 2.45) is 5.92 Å². The van der Waals surface area contributed by atoms with E-state index >= 15 is 0 Å². The standard InChI is InChI=1S/C20H25N5O/c26-11-8-18-15-25(23-22-18)13-16-4-3-10-24(12-16)14-17-7-9-21-20-6-2-1-5-19(17)20/h1-2,5-7,9,15-16,26H,3-4,8,10-14H2/t16-/m0/s1. The first-order valence-electron chi connectivity index (χ1n) is 9.36. The normalized spacial score (nSPS) is 18.4. The first-order chi connectivity index (χ1) is 12.8. The number of fused-ring (bicyclic) bond motifs is 1. The van der Waals surface area contributed by atoms with E-state index in [1.807, 2.05) is 23.1 Å². The minimum Gasteiger partial charge on any atom is -0.396 e. The maximum Gasteiger partial charge on any atom is 0.0849 e. The van der Waals surface area contributed by atoms with Crippen LogP contribution in [-0.2, 0) is 19.5 Å². The average molecular weight is 351 g/mol. The lowest BCUT2D eigenvalue weighted by molar-refractivity contribution is 0.153. The molecule has 0 unspecified atom stereocenters. The van der Waals surface area contributed by atoms with Crippen molar-refractivity contribution in [2.75, 3.05) is 19.7 Å². The molecule has 0 amide bonds. The average Bonchev–Trinajstić information content (AvgIpc) is 3.10. The summed E-state index contributed by atoms with van der Waals surface area (Å²) in [4.78, 5) is 7.01. The molecule has 0 aliphatic carbocycles. The molecule has 3 heterocycles. The van der Waals surface area contributed by atoms with Gasteiger partial charge in [0, 0.05) is 50.4 Å². The van der Waals surface area contributed by atoms with Gasteiger partial charge in [-0.1, -0.05) is 23.4 Å². The molecule has 3 aromatic rings. The van der Waals surface area contributed by atoms with E-state index in [0.29, 0.717) is 12.3 Å². The third-order valence-electron chi connectivity index (χ3n) is 5.14. The highest BCUT2D eigenvalue weighted by Crippen LogP contribution is 2.23. The van der Waals surface area contributed by atoms with Crippen LogP contribution < -0.4 is 0 Å². The van der Waals surface area contributed by atoms with Crippen molar-refractivity contribution in [3.05, 3.63) is 54.0 Å². The van der Waals surface area contributed by atoms with Crippen LogP contribution in [0, 0.1) is 5.92 Å². The zero-order chi connectivity index (χ0) is 17.8. The van der Waals surface area contributed by atoms with Gasteiger partial charge in [-0.05, 0) is 43.0 Å². The molecule has 0 spiro atoms. The van der Waals surface area contributed by atoms with E-state index < -0.39 is 0 Å². The molecule has 1 aliphatic heterocycles. The summed E-state index contributed by atoms with van der Waals surface area (Å²) in [5.41, 5.74) is 3.28. The third kappa shape index (κ3) is 3.92. The fraction of sp³-hybridized carbons (Fsp3) is 0.450. The number of para-hydroxylation sites is 1. The molecule has 1 atom stereocenters. The van der Waals surface area contributed by atoms with Crippen LogP contribution in [0.1, 0.15) is 24.1 Å². The van der Waals surface area contributed by atoms with Crippen molar-refractivity contribution in [2.45, 2.75) is 32.4 Å². The molecule has 26 heavy (non-hydrogen) atoms. The molecule has 0 radical (unpaired) electrons. The number of nitrogens with zero attached hydrogens (tertiary/aromatic N) is 5. The summed E-state index contributed by atoms with van der Waals surface area (Å²) in [7, 11) is 0. The maximum absolute atomic E-state index is 9.01. The van der Waals surface area contributed by atoms with E-state index in [-0.39, 0.29) is 6.61 Å². The summed E-state index contributed by atoms with van der Waals surface area (Å²) in [6.45, 7) is 4.20. The van der Waals surface area contributed by atoms with Gasteiger partial charge in [0.1, 0.15) is 0 Å². The molecule has 6 nitrogen and oxygen atoms in total. The smallest absolute Gasteiger partial charge is 0.0849 e. The Morgan fingerprint density at radius 1 is 1.19 bits per heavy atom. The number of aliphatic hydroxyl groups is 1. The van der Waals surface area contributed by atoms with Gasteiger partial charge in [0.2, 0.25) is 0 Å². The van der Waals surface area contributed by atoms with Crippen molar-refractivity contribution < 1.29 is 5.11 Å². The lowest BCUT2D eigenvalue weighted by atomic mass is 9.97. The molecular formula is C20H25N5O. The van der Waals surface area contributed by atoms with Gasteiger partial charge in [0.15, 0.2) is 0 Å². The van der Waals surface area contributed by atoms with Crippen molar-refractivity contribution >= 4 is 10.9 Å². The number of aromatic nitrogens is 4. The number of aliphatic hydroxyl groups excluding tert-OH is 1. The summed E-state index contributed by atoms with van der Waals surface area (Å²) in [6, 6.07) is 10.5. The Labute approximate surface area is 153 Å². The van der Waals surface area contributed by atoms with Crippen LogP contribution in [0.4, 0.5) is 0 Å². The Hall–Kier alpha value is -2.31. The molecule has 136 valence electrons. The van der Waals surface area contributed by atoms with E-state index in [2.05, 4.69) is 44.5 Å². The van der Waals surface area contributed by atoms with Crippen molar-refractivity contribution in [3.8, 4) is 0 Å². The van der Waals surface area contributed by atoms with Gasteiger partial charge in [-0.25, -0.2) is 0 Å². The molecule has 6 heteroatoms. The first kappa shape index (κ1) is 17.1. The Balaban J connectivity index is 1.41. The SMILES string of the molecule is OCCc1cn(C[C@H]2CCCN(Cc3ccnc4ccccc34)C2)nn1. The van der Waals surface area contributed by atoms with Crippen LogP contribution in [0.25, 0.3) is 10.9 Å². The van der Waals surface area contributed by atoms with Gasteiger partial charge in [-0.3, -0.25) is 14.6 Å². The summed E-state index contributed by atoms with van der Waals surface area (Å²) < 4.78 is 1.93. The van der Waals surface area contributed by atoms with E-state index in [0.717, 1.165) is 37.4 Å². The molecule has 1 N–H and O–H groups in total. The zero-order valence-electron chi connectivity index (χ0n) is 15.0. The highest BCUT2D eigenvalue weighted by atomic mass is 16.3. The molecule has 4 rings (SSSR count). The number of hydrogen-bond donors (Lipinski definition) is 1. The van der Waals surface area contributed by atoms with Gasteiger partial charge in [-0.15, -0.1) is 5.10 Å². The Morgan fingerprint density at radius 3 is 3.04 bits per heavy atom. The van der Waals surface area contributed by atoms with Crippen LogP contribution >= 0.6 is 0 Å². The molecule has 1 fully saturated rings. The zero-order valence-corrected chi connectivity index (χ0v) is 15.0. The number of pyridine rings is 1. The van der Waals surface area contributed by atoms with Crippen molar-refractivity contribution in [1.82, 2.24) is 24.9 Å². The Morgan fingerprint density at radius 2 is 2.12 bits per heavy atom. The minimum absolute atomic E-state index is 0.121. The van der Waals surface area contributed by atoms with Gasteiger partial charge >= 0.3 is 0 Å². The van der Waals surface area contributed by atoms with E-state index in [4.69, 9.17) is 5.11 Å². The fourth-order valence-corrected chi connectivity index (χ4v) is 3.90. The van der Waals surface area contributed by atoms with Gasteiger partial charge in [0.25, 0.3) is 0 Å². The van der Waals surface area contributed by atoms with Crippen LogP contribution in [0.5, 0.6) is 0 Å². The molecule has 0 saturated carbocycles. The highest BCUT2D eigenvalue weighted by molar-refractivity contribution is 5.81. The number of hydrogen-bond acceptors (Lipinski definition) is 5. The van der Waals surface area contributed by atoms with E-state index in [1.54, 1.807) is 0 Å². The largest absolute Gasteiger partial charge is 0.396 e. The summed E-state index contributed by atoms with van der Waals surface area (Å²) in [5.74, 6) is 0.584. The lowest BCUT2D eigenvalue weighted by Crippen LogP contribution is -2.36. The summed E-state index contributed by atoms with van der Waals surface area (Å²) >= 11 is 0. The Bertz CT molecular complexity index is 857. The predicted octanol–water partition coefficient (Wildman–Crippen LogP) is 2.27. The molecule has 1 aliphatic rings. The molecule has 1 aromatic carbocycles. The fourth-order valence-electron chi connectivity index (χ4n) is 3.90. The molecule has 0 bridgehead atoms. The van der Waals surface area contributed by atoms with Gasteiger partial charge in [-0.2, -0.15) is 0 Å². The molecule has 1 saturated heterocycles. The van der Waals surface area contributed by atoms with Crippen LogP contribution in [0.15, 0.2) is 42.7 Å². The summed E-state index contributed by atoms with van der Waals surface area (Å²) in [5, 5.41) is 18.6. The monoisotopic (exact) mass is 351 g/mol. The number of benzene rings is 1. The minimum atomic E-state index is 0.121. The predicted molar refractivity (Wildman–Crippen MR) is 101 cm³/mol. The topological polar surface area (TPSA) is 67.1 Å². The second-order valence-electron chi connectivity index (χ2n) is 7.14. The van der Waals surface area contributed by atoms with Crippen molar-refractivity contribution in [3.63, 3.8) is 0 Å². The highest BCUT2D eigenvalue weighted by Gasteiger charge is 2.21. The number of likely N-dealkylation sites (tertiary alicyclic amines) is 1. The van der Waals surface area contributed by atoms with Crippen LogP contribution in [0.2, 0.25) is 0 Å². The second-order valence-corrected chi connectivity index (χ2v) is 7.14. The van der Waals surface area contributed by atoms with Gasteiger partial charge < -0.3 is 5.11 Å². The van der Waals surface area contributed by atoms with Crippen molar-refractivity contribution in [1.29, 1.82) is 0 Å². The molecule has 2 aromatic heterocycles. The molecular weight excluding hydrogens is 326 g/mol. The lowest BCUT2D eigenvalue weighted by Gasteiger charge is -2.32. The number of rotatable bonds is 6. The number of piperidine rings is 1.